The van der Waals surface area contributed by atoms with E-state index in [-0.39, 0.29) is 10.0 Å². The van der Waals surface area contributed by atoms with Crippen LogP contribution in [0.3, 0.4) is 0 Å². The summed E-state index contributed by atoms with van der Waals surface area (Å²) in [5, 5.41) is 3.26. The summed E-state index contributed by atoms with van der Waals surface area (Å²) in [6, 6.07) is 9.70. The standard InChI is InChI=1S/C17H15ClN2O4S2/c1-10-3-5-11(6-4-10)26(22,23)9-14(21)19-17-20-15-13(24-2)8-7-12(18)16(15)25-17/h3-8H,9H2,1-2H3,(H,19,20,21). The van der Waals surface area contributed by atoms with E-state index < -0.39 is 21.5 Å². The first-order valence-electron chi connectivity index (χ1n) is 7.52. The smallest absolute Gasteiger partial charge is 0.241 e. The second-order valence-electron chi connectivity index (χ2n) is 5.57. The lowest BCUT2D eigenvalue weighted by molar-refractivity contribution is -0.113. The van der Waals surface area contributed by atoms with Crippen LogP contribution in [0.1, 0.15) is 5.56 Å². The third-order valence-electron chi connectivity index (χ3n) is 3.63. The zero-order valence-corrected chi connectivity index (χ0v) is 16.3. The fraction of sp³-hybridized carbons (Fsp3) is 0.176. The number of hydrogen-bond donors (Lipinski definition) is 1. The quantitative estimate of drug-likeness (QED) is 0.693. The molecule has 0 fully saturated rings. The molecule has 0 atom stereocenters. The van der Waals surface area contributed by atoms with E-state index in [1.165, 1.54) is 19.2 Å². The van der Waals surface area contributed by atoms with E-state index in [0.717, 1.165) is 16.9 Å². The molecule has 0 saturated heterocycles. The van der Waals surface area contributed by atoms with Crippen LogP contribution in [0.2, 0.25) is 5.02 Å². The predicted molar refractivity (Wildman–Crippen MR) is 103 cm³/mol. The maximum absolute atomic E-state index is 12.4. The summed E-state index contributed by atoms with van der Waals surface area (Å²) in [5.74, 6) is -0.815. The highest BCUT2D eigenvalue weighted by Crippen LogP contribution is 2.37. The highest BCUT2D eigenvalue weighted by atomic mass is 35.5. The molecule has 0 spiro atoms. The first-order valence-corrected chi connectivity index (χ1v) is 10.4. The van der Waals surface area contributed by atoms with Crippen LogP contribution in [0, 0.1) is 6.92 Å². The summed E-state index contributed by atoms with van der Waals surface area (Å²) < 4.78 is 30.6. The van der Waals surface area contributed by atoms with Gasteiger partial charge in [-0.25, -0.2) is 13.4 Å². The zero-order valence-electron chi connectivity index (χ0n) is 13.9. The van der Waals surface area contributed by atoms with Gasteiger partial charge in [-0.15, -0.1) is 0 Å². The Morgan fingerprint density at radius 3 is 2.58 bits per heavy atom. The number of carbonyl (C=O) groups excluding carboxylic acids is 1. The average Bonchev–Trinajstić information content (AvgIpc) is 2.99. The van der Waals surface area contributed by atoms with Crippen molar-refractivity contribution in [1.82, 2.24) is 4.98 Å². The summed E-state index contributed by atoms with van der Waals surface area (Å²) in [7, 11) is -2.23. The normalized spacial score (nSPS) is 11.5. The highest BCUT2D eigenvalue weighted by Gasteiger charge is 2.21. The summed E-state index contributed by atoms with van der Waals surface area (Å²) in [5.41, 5.74) is 1.45. The first-order chi connectivity index (χ1) is 12.3. The molecule has 9 heteroatoms. The largest absolute Gasteiger partial charge is 0.494 e. The van der Waals surface area contributed by atoms with Gasteiger partial charge in [-0.1, -0.05) is 40.6 Å². The Kier molecular flexibility index (Phi) is 5.17. The number of rotatable bonds is 5. The third kappa shape index (κ3) is 3.82. The van der Waals surface area contributed by atoms with E-state index in [1.807, 2.05) is 6.92 Å². The number of anilines is 1. The molecule has 0 aliphatic rings. The van der Waals surface area contributed by atoms with Gasteiger partial charge in [-0.2, -0.15) is 0 Å². The average molecular weight is 411 g/mol. The maximum atomic E-state index is 12.4. The van der Waals surface area contributed by atoms with Gasteiger partial charge in [0.2, 0.25) is 5.91 Å². The number of thiazole rings is 1. The van der Waals surface area contributed by atoms with Crippen LogP contribution in [0.25, 0.3) is 10.2 Å². The number of carbonyl (C=O) groups is 1. The minimum Gasteiger partial charge on any atom is -0.494 e. The number of sulfone groups is 1. The van der Waals surface area contributed by atoms with E-state index >= 15 is 0 Å². The Morgan fingerprint density at radius 2 is 1.92 bits per heavy atom. The van der Waals surface area contributed by atoms with E-state index in [2.05, 4.69) is 10.3 Å². The first kappa shape index (κ1) is 18.6. The number of aryl methyl sites for hydroxylation is 1. The highest BCUT2D eigenvalue weighted by molar-refractivity contribution is 7.92. The molecule has 1 N–H and O–H groups in total. The van der Waals surface area contributed by atoms with Crippen LogP contribution in [0.5, 0.6) is 5.75 Å². The van der Waals surface area contributed by atoms with E-state index in [9.17, 15) is 13.2 Å². The minimum absolute atomic E-state index is 0.104. The molecule has 0 bridgehead atoms. The van der Waals surface area contributed by atoms with Crippen molar-refractivity contribution in [3.63, 3.8) is 0 Å². The Labute approximate surface area is 159 Å². The number of hydrogen-bond acceptors (Lipinski definition) is 6. The van der Waals surface area contributed by atoms with E-state index in [4.69, 9.17) is 16.3 Å². The minimum atomic E-state index is -3.73. The Balaban J connectivity index is 1.81. The number of aromatic nitrogens is 1. The van der Waals surface area contributed by atoms with Crippen LogP contribution in [0.15, 0.2) is 41.3 Å². The molecule has 0 radical (unpaired) electrons. The lowest BCUT2D eigenvalue weighted by atomic mass is 10.2. The van der Waals surface area contributed by atoms with Gasteiger partial charge in [0.05, 0.1) is 21.7 Å². The number of halogens is 1. The van der Waals surface area contributed by atoms with Gasteiger partial charge in [0.25, 0.3) is 0 Å². The van der Waals surface area contributed by atoms with Gasteiger partial charge < -0.3 is 10.1 Å². The van der Waals surface area contributed by atoms with Gasteiger partial charge in [0, 0.05) is 0 Å². The molecule has 3 aromatic rings. The van der Waals surface area contributed by atoms with Crippen molar-refractivity contribution in [2.24, 2.45) is 0 Å². The van der Waals surface area contributed by atoms with Gasteiger partial charge in [-0.05, 0) is 31.2 Å². The summed E-state index contributed by atoms with van der Waals surface area (Å²) in [6.07, 6.45) is 0. The fourth-order valence-corrected chi connectivity index (χ4v) is 4.63. The van der Waals surface area contributed by atoms with Crippen molar-refractivity contribution in [3.05, 3.63) is 47.0 Å². The van der Waals surface area contributed by atoms with Crippen molar-refractivity contribution in [3.8, 4) is 5.75 Å². The van der Waals surface area contributed by atoms with Crippen molar-refractivity contribution >= 4 is 54.0 Å². The van der Waals surface area contributed by atoms with Gasteiger partial charge >= 0.3 is 0 Å². The number of nitrogens with zero attached hydrogens (tertiary/aromatic N) is 1. The molecule has 1 amide bonds. The van der Waals surface area contributed by atoms with Crippen LogP contribution in [-0.2, 0) is 14.6 Å². The topological polar surface area (TPSA) is 85.4 Å². The monoisotopic (exact) mass is 410 g/mol. The molecule has 26 heavy (non-hydrogen) atoms. The Morgan fingerprint density at radius 1 is 1.23 bits per heavy atom. The number of ether oxygens (including phenoxy) is 1. The van der Waals surface area contributed by atoms with Gasteiger partial charge in [0.15, 0.2) is 15.0 Å². The zero-order chi connectivity index (χ0) is 18.9. The lowest BCUT2D eigenvalue weighted by Crippen LogP contribution is -2.22. The molecule has 2 aromatic carbocycles. The second-order valence-corrected chi connectivity index (χ2v) is 8.96. The van der Waals surface area contributed by atoms with Crippen molar-refractivity contribution in [2.75, 3.05) is 18.2 Å². The van der Waals surface area contributed by atoms with Crippen LogP contribution in [0.4, 0.5) is 5.13 Å². The second kappa shape index (κ2) is 7.22. The molecule has 136 valence electrons. The molecule has 6 nitrogen and oxygen atoms in total. The molecule has 0 unspecified atom stereocenters. The summed E-state index contributed by atoms with van der Waals surface area (Å²) in [4.78, 5) is 16.6. The molecule has 0 aliphatic heterocycles. The predicted octanol–water partition coefficient (Wildman–Crippen LogP) is 3.68. The van der Waals surface area contributed by atoms with Crippen LogP contribution >= 0.6 is 22.9 Å². The Bertz CT molecular complexity index is 1080. The number of amides is 1. The number of nitrogens with one attached hydrogen (secondary N) is 1. The van der Waals surface area contributed by atoms with E-state index in [1.54, 1.807) is 24.3 Å². The van der Waals surface area contributed by atoms with Crippen molar-refractivity contribution in [2.45, 2.75) is 11.8 Å². The molecular weight excluding hydrogens is 396 g/mol. The molecular formula is C17H15ClN2O4S2. The maximum Gasteiger partial charge on any atom is 0.241 e. The number of benzene rings is 2. The lowest BCUT2D eigenvalue weighted by Gasteiger charge is -2.05. The third-order valence-corrected chi connectivity index (χ3v) is 6.69. The SMILES string of the molecule is COc1ccc(Cl)c2sc(NC(=O)CS(=O)(=O)c3ccc(C)cc3)nc12. The van der Waals surface area contributed by atoms with Crippen LogP contribution in [-0.4, -0.2) is 32.2 Å². The van der Waals surface area contributed by atoms with E-state index in [0.29, 0.717) is 21.0 Å². The summed E-state index contributed by atoms with van der Waals surface area (Å²) in [6.45, 7) is 1.86. The van der Waals surface area contributed by atoms with Gasteiger partial charge in [-0.3, -0.25) is 4.79 Å². The molecule has 3 rings (SSSR count). The van der Waals surface area contributed by atoms with Gasteiger partial charge in [0.1, 0.15) is 17.0 Å². The van der Waals surface area contributed by atoms with Crippen LogP contribution < -0.4 is 10.1 Å². The Hall–Kier alpha value is -2.16. The fourth-order valence-electron chi connectivity index (χ4n) is 2.33. The number of fused-ring (bicyclic) bond motifs is 1. The molecule has 1 aromatic heterocycles. The molecule has 1 heterocycles. The molecule has 0 aliphatic carbocycles. The number of methoxy groups -OCH3 is 1. The summed E-state index contributed by atoms with van der Waals surface area (Å²) >= 11 is 7.30. The van der Waals surface area contributed by atoms with Crippen molar-refractivity contribution in [1.29, 1.82) is 0 Å². The molecule has 0 saturated carbocycles. The van der Waals surface area contributed by atoms with Crippen molar-refractivity contribution < 1.29 is 17.9 Å².